The van der Waals surface area contributed by atoms with Gasteiger partial charge < -0.3 is 0 Å². The number of hydrogen-bond donors (Lipinski definition) is 0. The zero-order valence-electron chi connectivity index (χ0n) is 8.91. The van der Waals surface area contributed by atoms with Gasteiger partial charge in [0.05, 0.1) is 5.41 Å². The summed E-state index contributed by atoms with van der Waals surface area (Å²) in [5.74, 6) is 0.246. The topological polar surface area (TPSA) is 17.1 Å². The molecule has 78 valence electrons. The van der Waals surface area contributed by atoms with Crippen LogP contribution in [-0.4, -0.2) is 5.78 Å². The van der Waals surface area contributed by atoms with Gasteiger partial charge in [-0.3, -0.25) is 4.79 Å². The molecule has 0 N–H and O–H groups in total. The van der Waals surface area contributed by atoms with Crippen molar-refractivity contribution in [3.05, 3.63) is 48.6 Å². The van der Waals surface area contributed by atoms with Crippen LogP contribution in [0.2, 0.25) is 0 Å². The molecule has 0 aromatic heterocycles. The Kier molecular flexibility index (Phi) is 2.72. The summed E-state index contributed by atoms with van der Waals surface area (Å²) in [5, 5.41) is 0. The van der Waals surface area contributed by atoms with E-state index in [-0.39, 0.29) is 11.2 Å². The second-order valence-electron chi connectivity index (χ2n) is 4.26. The second-order valence-corrected chi connectivity index (χ2v) is 4.26. The summed E-state index contributed by atoms with van der Waals surface area (Å²) in [6, 6.07) is 9.56. The summed E-state index contributed by atoms with van der Waals surface area (Å²) in [5.41, 5.74) is 0.542. The molecule has 0 amide bonds. The Morgan fingerprint density at radius 3 is 2.33 bits per heavy atom. The highest BCUT2D eigenvalue weighted by atomic mass is 16.1. The predicted octanol–water partition coefficient (Wildman–Crippen LogP) is 3.62. The smallest absolute Gasteiger partial charge is 0.172 e. The second kappa shape index (κ2) is 4.01. The summed E-state index contributed by atoms with van der Waals surface area (Å²) in [4.78, 5) is 12.3. The standard InChI is InChI=1S/C14H16O/c1-2-14(10-6-7-11-14)13(15)12-8-4-3-5-9-12/h2-5,8-9H,1,6-7,10-11H2. The van der Waals surface area contributed by atoms with Crippen LogP contribution in [0.4, 0.5) is 0 Å². The highest BCUT2D eigenvalue weighted by Crippen LogP contribution is 2.41. The number of allylic oxidation sites excluding steroid dienone is 1. The third-order valence-electron chi connectivity index (χ3n) is 3.37. The minimum absolute atomic E-state index is 0.246. The molecule has 0 spiro atoms. The molecule has 1 aromatic rings. The van der Waals surface area contributed by atoms with E-state index in [0.717, 1.165) is 31.2 Å². The van der Waals surface area contributed by atoms with Gasteiger partial charge in [-0.25, -0.2) is 0 Å². The zero-order valence-corrected chi connectivity index (χ0v) is 8.91. The summed E-state index contributed by atoms with van der Waals surface area (Å²) in [6.45, 7) is 3.84. The van der Waals surface area contributed by atoms with E-state index in [4.69, 9.17) is 0 Å². The van der Waals surface area contributed by atoms with E-state index in [9.17, 15) is 4.79 Å². The molecule has 1 nitrogen and oxygen atoms in total. The summed E-state index contributed by atoms with van der Waals surface area (Å²) in [7, 11) is 0. The fourth-order valence-electron chi connectivity index (χ4n) is 2.41. The van der Waals surface area contributed by atoms with Gasteiger partial charge in [0.1, 0.15) is 0 Å². The highest BCUT2D eigenvalue weighted by molar-refractivity contribution is 6.01. The van der Waals surface area contributed by atoms with Gasteiger partial charge in [-0.1, -0.05) is 49.2 Å². The normalized spacial score (nSPS) is 18.7. The Bertz CT molecular complexity index is 358. The predicted molar refractivity (Wildman–Crippen MR) is 61.9 cm³/mol. The van der Waals surface area contributed by atoms with Crippen LogP contribution in [0, 0.1) is 5.41 Å². The van der Waals surface area contributed by atoms with Crippen LogP contribution in [0.3, 0.4) is 0 Å². The number of benzene rings is 1. The summed E-state index contributed by atoms with van der Waals surface area (Å²) < 4.78 is 0. The average Bonchev–Trinajstić information content (AvgIpc) is 2.79. The van der Waals surface area contributed by atoms with Crippen molar-refractivity contribution in [2.75, 3.05) is 0 Å². The van der Waals surface area contributed by atoms with Crippen LogP contribution >= 0.6 is 0 Å². The lowest BCUT2D eigenvalue weighted by Crippen LogP contribution is -2.25. The maximum absolute atomic E-state index is 12.3. The molecular weight excluding hydrogens is 184 g/mol. The molecular formula is C14H16O. The van der Waals surface area contributed by atoms with Gasteiger partial charge in [-0.05, 0) is 12.8 Å². The average molecular weight is 200 g/mol. The first kappa shape index (κ1) is 10.2. The van der Waals surface area contributed by atoms with Crippen LogP contribution < -0.4 is 0 Å². The third kappa shape index (κ3) is 1.74. The van der Waals surface area contributed by atoms with Crippen molar-refractivity contribution >= 4 is 5.78 Å². The number of Topliss-reactive ketones (excluding diaryl/α,β-unsaturated/α-hetero) is 1. The van der Waals surface area contributed by atoms with Crippen molar-refractivity contribution in [2.24, 2.45) is 5.41 Å². The molecule has 0 aliphatic heterocycles. The van der Waals surface area contributed by atoms with Gasteiger partial charge >= 0.3 is 0 Å². The Morgan fingerprint density at radius 1 is 1.20 bits per heavy atom. The fourth-order valence-corrected chi connectivity index (χ4v) is 2.41. The van der Waals surface area contributed by atoms with Gasteiger partial charge in [-0.15, -0.1) is 6.58 Å². The number of ketones is 1. The van der Waals surface area contributed by atoms with E-state index in [1.807, 2.05) is 36.4 Å². The molecule has 0 atom stereocenters. The van der Waals surface area contributed by atoms with Crippen molar-refractivity contribution in [3.8, 4) is 0 Å². The van der Waals surface area contributed by atoms with Crippen molar-refractivity contribution in [2.45, 2.75) is 25.7 Å². The molecule has 0 saturated heterocycles. The molecule has 15 heavy (non-hydrogen) atoms. The molecule has 0 radical (unpaired) electrons. The first-order valence-corrected chi connectivity index (χ1v) is 5.52. The van der Waals surface area contributed by atoms with E-state index in [0.29, 0.717) is 0 Å². The van der Waals surface area contributed by atoms with Gasteiger partial charge in [0.25, 0.3) is 0 Å². The molecule has 2 rings (SSSR count). The largest absolute Gasteiger partial charge is 0.293 e. The van der Waals surface area contributed by atoms with Crippen LogP contribution in [0.15, 0.2) is 43.0 Å². The highest BCUT2D eigenvalue weighted by Gasteiger charge is 2.38. The molecule has 1 aromatic carbocycles. The fraction of sp³-hybridized carbons (Fsp3) is 0.357. The lowest BCUT2D eigenvalue weighted by Gasteiger charge is -2.22. The minimum atomic E-state index is -0.276. The molecule has 1 fully saturated rings. The van der Waals surface area contributed by atoms with E-state index >= 15 is 0 Å². The Labute approximate surface area is 90.8 Å². The lowest BCUT2D eigenvalue weighted by atomic mass is 9.79. The van der Waals surface area contributed by atoms with E-state index < -0.39 is 0 Å². The first-order valence-electron chi connectivity index (χ1n) is 5.52. The molecule has 0 unspecified atom stereocenters. The van der Waals surface area contributed by atoms with Crippen LogP contribution in [0.1, 0.15) is 36.0 Å². The summed E-state index contributed by atoms with van der Waals surface area (Å²) in [6.07, 6.45) is 6.07. The van der Waals surface area contributed by atoms with Crippen molar-refractivity contribution in [1.82, 2.24) is 0 Å². The number of rotatable bonds is 3. The molecule has 0 heterocycles. The molecule has 0 bridgehead atoms. The van der Waals surface area contributed by atoms with Gasteiger partial charge in [0.2, 0.25) is 0 Å². The van der Waals surface area contributed by atoms with Crippen LogP contribution in [0.5, 0.6) is 0 Å². The Hall–Kier alpha value is -1.37. The van der Waals surface area contributed by atoms with Crippen LogP contribution in [-0.2, 0) is 0 Å². The number of carbonyl (C=O) groups is 1. The SMILES string of the molecule is C=CC1(C(=O)c2ccccc2)CCCC1. The molecule has 1 heteroatoms. The quantitative estimate of drug-likeness (QED) is 0.538. The Balaban J connectivity index is 2.30. The van der Waals surface area contributed by atoms with Gasteiger partial charge in [0.15, 0.2) is 5.78 Å². The maximum atomic E-state index is 12.3. The number of hydrogen-bond acceptors (Lipinski definition) is 1. The zero-order chi connectivity index (χ0) is 10.7. The van der Waals surface area contributed by atoms with Crippen molar-refractivity contribution in [3.63, 3.8) is 0 Å². The molecule has 1 aliphatic rings. The van der Waals surface area contributed by atoms with Gasteiger partial charge in [0, 0.05) is 5.56 Å². The number of carbonyl (C=O) groups excluding carboxylic acids is 1. The first-order chi connectivity index (χ1) is 7.28. The maximum Gasteiger partial charge on any atom is 0.172 e. The third-order valence-corrected chi connectivity index (χ3v) is 3.37. The van der Waals surface area contributed by atoms with Gasteiger partial charge in [-0.2, -0.15) is 0 Å². The lowest BCUT2D eigenvalue weighted by molar-refractivity contribution is 0.0858. The Morgan fingerprint density at radius 2 is 1.80 bits per heavy atom. The molecule has 1 aliphatic carbocycles. The van der Waals surface area contributed by atoms with E-state index in [1.54, 1.807) is 0 Å². The van der Waals surface area contributed by atoms with Crippen LogP contribution in [0.25, 0.3) is 0 Å². The van der Waals surface area contributed by atoms with Crippen molar-refractivity contribution < 1.29 is 4.79 Å². The monoisotopic (exact) mass is 200 g/mol. The van der Waals surface area contributed by atoms with Crippen molar-refractivity contribution in [1.29, 1.82) is 0 Å². The molecule has 1 saturated carbocycles. The van der Waals surface area contributed by atoms with E-state index in [2.05, 4.69) is 6.58 Å². The minimum Gasteiger partial charge on any atom is -0.293 e. The summed E-state index contributed by atoms with van der Waals surface area (Å²) >= 11 is 0. The van der Waals surface area contributed by atoms with E-state index in [1.165, 1.54) is 0 Å².